The van der Waals surface area contributed by atoms with Crippen LogP contribution in [0.15, 0.2) is 24.3 Å². The van der Waals surface area contributed by atoms with Crippen molar-refractivity contribution in [1.29, 1.82) is 0 Å². The van der Waals surface area contributed by atoms with Gasteiger partial charge in [-0.25, -0.2) is 0 Å². The van der Waals surface area contributed by atoms with Gasteiger partial charge in [-0.15, -0.1) is 0 Å². The Hall–Kier alpha value is -1.23. The molecular formula is C7H8NO5P. The quantitative estimate of drug-likeness (QED) is 0.429. The fourth-order valence-electron chi connectivity index (χ4n) is 0.985. The van der Waals surface area contributed by atoms with Crippen molar-refractivity contribution in [3.8, 4) is 0 Å². The third-order valence-corrected chi connectivity index (χ3v) is 2.51. The lowest BCUT2D eigenvalue weighted by Gasteiger charge is -2.04. The van der Waals surface area contributed by atoms with Crippen LogP contribution < -0.4 is 5.30 Å². The average Bonchev–Trinajstić information content (AvgIpc) is 2.01. The molecule has 0 saturated carbocycles. The summed E-state index contributed by atoms with van der Waals surface area (Å²) in [7, 11) is -4.31. The maximum Gasteiger partial charge on any atom is 0.356 e. The summed E-state index contributed by atoms with van der Waals surface area (Å²) < 4.78 is 10.8. The zero-order chi connectivity index (χ0) is 10.8. The first-order chi connectivity index (χ1) is 6.39. The van der Waals surface area contributed by atoms with E-state index in [-0.39, 0.29) is 10.9 Å². The second-order valence-electron chi connectivity index (χ2n) is 2.70. The summed E-state index contributed by atoms with van der Waals surface area (Å²) in [5.41, 5.74) is 0.274. The molecule has 1 rings (SSSR count). The Morgan fingerprint density at radius 1 is 1.43 bits per heavy atom. The summed E-state index contributed by atoms with van der Waals surface area (Å²) in [6, 6.07) is 5.21. The third-order valence-electron chi connectivity index (χ3n) is 1.56. The molecule has 0 aliphatic carbocycles. The number of hydrogen-bond acceptors (Lipinski definition) is 3. The number of benzene rings is 1. The maximum atomic E-state index is 10.8. The first-order valence-electron chi connectivity index (χ1n) is 3.66. The highest BCUT2D eigenvalue weighted by atomic mass is 31.2. The normalized spacial score (nSPS) is 11.3. The van der Waals surface area contributed by atoms with Crippen molar-refractivity contribution in [2.24, 2.45) is 0 Å². The molecule has 0 spiro atoms. The molecule has 6 nitrogen and oxygen atoms in total. The molecule has 0 amide bonds. The third kappa shape index (κ3) is 2.92. The molecule has 14 heavy (non-hydrogen) atoms. The van der Waals surface area contributed by atoms with Crippen LogP contribution in [-0.2, 0) is 11.1 Å². The van der Waals surface area contributed by atoms with Gasteiger partial charge in [0.15, 0.2) is 0 Å². The van der Waals surface area contributed by atoms with E-state index >= 15 is 0 Å². The zero-order valence-electron chi connectivity index (χ0n) is 7.03. The minimum atomic E-state index is -4.31. The summed E-state index contributed by atoms with van der Waals surface area (Å²) in [5.74, 6) is 0. The van der Waals surface area contributed by atoms with Gasteiger partial charge >= 0.3 is 7.60 Å². The fraction of sp³-hybridized carbons (Fsp3) is 0.143. The summed E-state index contributed by atoms with van der Waals surface area (Å²) in [6.07, 6.45) is 0. The Morgan fingerprint density at radius 2 is 2.07 bits per heavy atom. The molecule has 0 aliphatic rings. The van der Waals surface area contributed by atoms with Crippen molar-refractivity contribution < 1.29 is 19.3 Å². The highest BCUT2D eigenvalue weighted by Gasteiger charge is 2.17. The lowest BCUT2D eigenvalue weighted by molar-refractivity contribution is -0.496. The SMILES string of the molecule is O=[N+]([O-])Cc1cccc(P(=O)(O)O)c1. The molecule has 76 valence electrons. The molecule has 0 unspecified atom stereocenters. The maximum absolute atomic E-state index is 10.8. The fourth-order valence-corrected chi connectivity index (χ4v) is 1.60. The van der Waals surface area contributed by atoms with Gasteiger partial charge in [-0.3, -0.25) is 14.7 Å². The van der Waals surface area contributed by atoms with Crippen molar-refractivity contribution in [3.05, 3.63) is 39.9 Å². The molecule has 0 saturated heterocycles. The molecular weight excluding hydrogens is 209 g/mol. The van der Waals surface area contributed by atoms with Gasteiger partial charge in [0.25, 0.3) is 0 Å². The second-order valence-corrected chi connectivity index (χ2v) is 4.31. The second kappa shape index (κ2) is 3.88. The van der Waals surface area contributed by atoms with Crippen molar-refractivity contribution in [2.45, 2.75) is 6.54 Å². The number of rotatable bonds is 3. The summed E-state index contributed by atoms with van der Waals surface area (Å²) >= 11 is 0. The Labute approximate surface area is 79.5 Å². The first-order valence-corrected chi connectivity index (χ1v) is 5.27. The summed E-state index contributed by atoms with van der Waals surface area (Å²) in [6.45, 7) is -0.437. The predicted molar refractivity (Wildman–Crippen MR) is 48.8 cm³/mol. The van der Waals surface area contributed by atoms with Crippen LogP contribution in [0.4, 0.5) is 0 Å². The van der Waals surface area contributed by atoms with E-state index in [4.69, 9.17) is 9.79 Å². The standard InChI is InChI=1S/C7H8NO5P/c9-8(10)5-6-2-1-3-7(4-6)14(11,12)13/h1-4H,5H2,(H2,11,12,13). The first kappa shape index (κ1) is 10.8. The van der Waals surface area contributed by atoms with E-state index in [1.54, 1.807) is 0 Å². The van der Waals surface area contributed by atoms with Gasteiger partial charge in [0.05, 0.1) is 5.30 Å². The van der Waals surface area contributed by atoms with E-state index in [2.05, 4.69) is 0 Å². The Balaban J connectivity index is 3.02. The Kier molecular flexibility index (Phi) is 3.00. The van der Waals surface area contributed by atoms with Crippen LogP contribution in [0.1, 0.15) is 5.56 Å². The molecule has 0 radical (unpaired) electrons. The van der Waals surface area contributed by atoms with Gasteiger partial charge < -0.3 is 9.79 Å². The van der Waals surface area contributed by atoms with Crippen molar-refractivity contribution in [1.82, 2.24) is 0 Å². The van der Waals surface area contributed by atoms with Gasteiger partial charge in [-0.2, -0.15) is 0 Å². The monoisotopic (exact) mass is 217 g/mol. The lowest BCUT2D eigenvalue weighted by atomic mass is 10.2. The van der Waals surface area contributed by atoms with E-state index in [1.807, 2.05) is 0 Å². The van der Waals surface area contributed by atoms with Crippen molar-refractivity contribution >= 4 is 12.9 Å². The Bertz CT molecular complexity index is 399. The summed E-state index contributed by atoms with van der Waals surface area (Å²) in [4.78, 5) is 27.2. The van der Waals surface area contributed by atoms with Crippen LogP contribution in [0, 0.1) is 10.1 Å². The Morgan fingerprint density at radius 3 is 2.57 bits per heavy atom. The van der Waals surface area contributed by atoms with Gasteiger partial charge in [0.2, 0.25) is 6.54 Å². The molecule has 0 atom stereocenters. The van der Waals surface area contributed by atoms with Crippen LogP contribution in [-0.4, -0.2) is 14.7 Å². The van der Waals surface area contributed by atoms with E-state index in [9.17, 15) is 14.7 Å². The van der Waals surface area contributed by atoms with Crippen LogP contribution in [0.2, 0.25) is 0 Å². The van der Waals surface area contributed by atoms with E-state index in [0.29, 0.717) is 0 Å². The van der Waals surface area contributed by atoms with Gasteiger partial charge in [0, 0.05) is 10.5 Å². The number of hydrogen-bond donors (Lipinski definition) is 2. The average molecular weight is 217 g/mol. The minimum absolute atomic E-state index is 0.197. The van der Waals surface area contributed by atoms with E-state index < -0.39 is 19.1 Å². The van der Waals surface area contributed by atoms with Gasteiger partial charge in [-0.05, 0) is 12.1 Å². The van der Waals surface area contributed by atoms with Crippen LogP contribution in [0.3, 0.4) is 0 Å². The molecule has 0 bridgehead atoms. The predicted octanol–water partition coefficient (Wildman–Crippen LogP) is 0.266. The molecule has 0 aromatic heterocycles. The van der Waals surface area contributed by atoms with Gasteiger partial charge in [-0.1, -0.05) is 12.1 Å². The van der Waals surface area contributed by atoms with Crippen molar-refractivity contribution in [3.63, 3.8) is 0 Å². The molecule has 0 aliphatic heterocycles. The zero-order valence-corrected chi connectivity index (χ0v) is 7.92. The lowest BCUT2D eigenvalue weighted by Crippen LogP contribution is -2.06. The van der Waals surface area contributed by atoms with Gasteiger partial charge in [0.1, 0.15) is 0 Å². The largest absolute Gasteiger partial charge is 0.356 e. The molecule has 7 heteroatoms. The molecule has 0 heterocycles. The molecule has 1 aromatic rings. The van der Waals surface area contributed by atoms with Crippen LogP contribution in [0.5, 0.6) is 0 Å². The minimum Gasteiger partial charge on any atom is -0.321 e. The highest BCUT2D eigenvalue weighted by molar-refractivity contribution is 7.60. The van der Waals surface area contributed by atoms with E-state index in [0.717, 1.165) is 6.07 Å². The number of nitrogens with zero attached hydrogens (tertiary/aromatic N) is 1. The highest BCUT2D eigenvalue weighted by Crippen LogP contribution is 2.33. The smallest absolute Gasteiger partial charge is 0.321 e. The van der Waals surface area contributed by atoms with Crippen LogP contribution >= 0.6 is 7.60 Å². The summed E-state index contributed by atoms with van der Waals surface area (Å²) in [5, 5.41) is 9.94. The van der Waals surface area contributed by atoms with Crippen LogP contribution in [0.25, 0.3) is 0 Å². The molecule has 2 N–H and O–H groups in total. The molecule has 1 aromatic carbocycles. The van der Waals surface area contributed by atoms with Crippen molar-refractivity contribution in [2.75, 3.05) is 0 Å². The van der Waals surface area contributed by atoms with E-state index in [1.165, 1.54) is 18.2 Å². The topological polar surface area (TPSA) is 101 Å². The number of nitro groups is 1. The molecule has 0 fully saturated rings.